The zero-order chi connectivity index (χ0) is 16.4. The first kappa shape index (κ1) is 24.9. The van der Waals surface area contributed by atoms with Crippen LogP contribution in [-0.2, 0) is 17.1 Å². The molecular formula is C5H5F12FeP2. The summed E-state index contributed by atoms with van der Waals surface area (Å²) in [6.07, 6.45) is 0. The van der Waals surface area contributed by atoms with Gasteiger partial charge in [-0.15, -0.1) is 0 Å². The van der Waals surface area contributed by atoms with Crippen molar-refractivity contribution < 1.29 is 67.4 Å². The van der Waals surface area contributed by atoms with E-state index in [2.05, 4.69) is 0 Å². The van der Waals surface area contributed by atoms with E-state index in [0.29, 0.717) is 0 Å². The van der Waals surface area contributed by atoms with E-state index in [0.717, 1.165) is 0 Å². The van der Waals surface area contributed by atoms with Crippen molar-refractivity contribution >= 4 is 15.6 Å². The first-order valence-electron chi connectivity index (χ1n) is 3.70. The third-order valence-corrected chi connectivity index (χ3v) is 0.556. The predicted molar refractivity (Wildman–Crippen MR) is 49.2 cm³/mol. The standard InChI is InChI=1S/C5H5.2F6P.Fe/c1-2-4-5-3-1;2*1-7(2,3,4,5)6;/h1-5H;;;/q3*-1;+3. The van der Waals surface area contributed by atoms with Gasteiger partial charge in [0.1, 0.15) is 0 Å². The van der Waals surface area contributed by atoms with E-state index in [1.165, 1.54) is 0 Å². The molecule has 0 atom stereocenters. The number of hydrogen-bond acceptors (Lipinski definition) is 0. The molecule has 0 spiro atoms. The van der Waals surface area contributed by atoms with Gasteiger partial charge in [-0.05, 0) is 0 Å². The Morgan fingerprint density at radius 2 is 0.650 bits per heavy atom. The van der Waals surface area contributed by atoms with Crippen LogP contribution in [0.3, 0.4) is 0 Å². The van der Waals surface area contributed by atoms with Crippen LogP contribution >= 0.6 is 15.6 Å². The largest absolute Gasteiger partial charge is 3.00 e. The Kier molecular flexibility index (Phi) is 6.18. The molecule has 0 unspecified atom stereocenters. The fourth-order valence-electron chi connectivity index (χ4n) is 0.321. The Hall–Kier alpha value is -0.111. The molecule has 0 nitrogen and oxygen atoms in total. The monoisotopic (exact) mass is 411 g/mol. The molecular weight excluding hydrogens is 406 g/mol. The molecule has 1 radical (unpaired) electrons. The normalized spacial score (nSPS) is 18.2. The van der Waals surface area contributed by atoms with Crippen molar-refractivity contribution in [2.75, 3.05) is 0 Å². The maximum Gasteiger partial charge on any atom is 3.00 e. The molecule has 0 N–H and O–H groups in total. The zero-order valence-electron chi connectivity index (χ0n) is 8.67. The zero-order valence-corrected chi connectivity index (χ0v) is 11.6. The van der Waals surface area contributed by atoms with E-state index in [9.17, 15) is 50.4 Å². The van der Waals surface area contributed by atoms with Gasteiger partial charge in [0.05, 0.1) is 0 Å². The van der Waals surface area contributed by atoms with Crippen LogP contribution in [0.5, 0.6) is 0 Å². The second-order valence-electron chi connectivity index (χ2n) is 2.88. The summed E-state index contributed by atoms with van der Waals surface area (Å²) in [5, 5.41) is 0. The molecule has 1 rings (SSSR count). The summed E-state index contributed by atoms with van der Waals surface area (Å²) in [7, 11) is -21.3. The van der Waals surface area contributed by atoms with Crippen molar-refractivity contribution in [2.45, 2.75) is 0 Å². The number of halogens is 12. The van der Waals surface area contributed by atoms with Gasteiger partial charge in [-0.3, -0.25) is 0 Å². The van der Waals surface area contributed by atoms with Crippen molar-refractivity contribution in [2.24, 2.45) is 0 Å². The first-order valence-corrected chi connectivity index (χ1v) is 7.75. The van der Waals surface area contributed by atoms with E-state index < -0.39 is 15.6 Å². The SMILES string of the molecule is F[P-](F)(F)(F)(F)F.F[P-](F)(F)(F)(F)F.[Fe+3].c1cc[cH-]c1. The summed E-state index contributed by atoms with van der Waals surface area (Å²) in [6.45, 7) is 0. The summed E-state index contributed by atoms with van der Waals surface area (Å²) in [4.78, 5) is 0. The minimum Gasteiger partial charge on any atom is -0.214 e. The van der Waals surface area contributed by atoms with Crippen LogP contribution in [0.2, 0.25) is 0 Å². The van der Waals surface area contributed by atoms with Crippen molar-refractivity contribution in [3.8, 4) is 0 Å². The fraction of sp³-hybridized carbons (Fsp3) is 0. The molecule has 0 amide bonds. The van der Waals surface area contributed by atoms with Crippen molar-refractivity contribution in [3.05, 3.63) is 30.3 Å². The second kappa shape index (κ2) is 4.97. The Morgan fingerprint density at radius 3 is 0.700 bits per heavy atom. The van der Waals surface area contributed by atoms with Crippen LogP contribution in [-0.4, -0.2) is 0 Å². The molecule has 0 fully saturated rings. The number of hydrogen-bond donors (Lipinski definition) is 0. The average Bonchev–Trinajstić information content (AvgIpc) is 2.18. The van der Waals surface area contributed by atoms with Gasteiger partial charge in [-0.1, -0.05) is 0 Å². The quantitative estimate of drug-likeness (QED) is 0.175. The molecule has 20 heavy (non-hydrogen) atoms. The maximum atomic E-state index is 9.87. The van der Waals surface area contributed by atoms with Crippen LogP contribution in [0, 0.1) is 0 Å². The molecule has 0 aliphatic carbocycles. The Bertz CT molecular complexity index is 310. The van der Waals surface area contributed by atoms with Crippen LogP contribution in [0.1, 0.15) is 0 Å². The third kappa shape index (κ3) is 213. The van der Waals surface area contributed by atoms with Crippen molar-refractivity contribution in [3.63, 3.8) is 0 Å². The average molecular weight is 411 g/mol. The summed E-state index contributed by atoms with van der Waals surface area (Å²) >= 11 is 0. The second-order valence-corrected chi connectivity index (χ2v) is 6.71. The Morgan fingerprint density at radius 1 is 0.500 bits per heavy atom. The molecule has 15 heteroatoms. The topological polar surface area (TPSA) is 0 Å². The molecule has 0 aliphatic rings. The summed E-state index contributed by atoms with van der Waals surface area (Å²) in [6, 6.07) is 10.0. The Labute approximate surface area is 114 Å². The maximum absolute atomic E-state index is 10.7. The van der Waals surface area contributed by atoms with Gasteiger partial charge in [0, 0.05) is 0 Å². The van der Waals surface area contributed by atoms with Gasteiger partial charge >= 0.3 is 83.0 Å². The summed E-state index contributed by atoms with van der Waals surface area (Å²) in [5.74, 6) is 0. The molecule has 0 saturated carbocycles. The van der Waals surface area contributed by atoms with Crippen molar-refractivity contribution in [1.29, 1.82) is 0 Å². The van der Waals surface area contributed by atoms with Gasteiger partial charge < -0.3 is 0 Å². The minimum absolute atomic E-state index is 0. The van der Waals surface area contributed by atoms with E-state index in [1.54, 1.807) is 0 Å². The predicted octanol–water partition coefficient (Wildman–Crippen LogP) is 8.17. The van der Waals surface area contributed by atoms with E-state index in [-0.39, 0.29) is 17.1 Å². The molecule has 0 heterocycles. The van der Waals surface area contributed by atoms with Gasteiger partial charge in [0.25, 0.3) is 0 Å². The van der Waals surface area contributed by atoms with Crippen LogP contribution < -0.4 is 0 Å². The van der Waals surface area contributed by atoms with E-state index in [4.69, 9.17) is 0 Å². The molecule has 1 aromatic carbocycles. The summed E-state index contributed by atoms with van der Waals surface area (Å²) in [5.41, 5.74) is 0. The Balaban J connectivity index is -0.000000214. The molecule has 0 aliphatic heterocycles. The molecule has 0 aromatic heterocycles. The number of rotatable bonds is 0. The van der Waals surface area contributed by atoms with Gasteiger partial charge in [0.2, 0.25) is 0 Å². The molecule has 1 aromatic rings. The van der Waals surface area contributed by atoms with Gasteiger partial charge in [-0.2, -0.15) is 18.2 Å². The van der Waals surface area contributed by atoms with Crippen LogP contribution in [0.25, 0.3) is 0 Å². The first-order chi connectivity index (χ1) is 7.40. The van der Waals surface area contributed by atoms with Crippen LogP contribution in [0.15, 0.2) is 30.3 Å². The molecule has 127 valence electrons. The van der Waals surface area contributed by atoms with Gasteiger partial charge in [-0.25, -0.2) is 12.1 Å². The van der Waals surface area contributed by atoms with Crippen LogP contribution in [0.4, 0.5) is 50.4 Å². The fourth-order valence-corrected chi connectivity index (χ4v) is 0.321. The molecule has 0 saturated heterocycles. The third-order valence-electron chi connectivity index (χ3n) is 0.556. The van der Waals surface area contributed by atoms with Crippen molar-refractivity contribution in [1.82, 2.24) is 0 Å². The molecule has 0 bridgehead atoms. The van der Waals surface area contributed by atoms with E-state index in [1.807, 2.05) is 30.3 Å². The minimum atomic E-state index is -10.7. The van der Waals surface area contributed by atoms with E-state index >= 15 is 0 Å². The smallest absolute Gasteiger partial charge is 0.214 e. The van der Waals surface area contributed by atoms with Gasteiger partial charge in [0.15, 0.2) is 0 Å². The summed E-state index contributed by atoms with van der Waals surface area (Å²) < 4.78 is 118.